The van der Waals surface area contributed by atoms with Crippen LogP contribution in [0.1, 0.15) is 136 Å². The molecule has 0 radical (unpaired) electrons. The Morgan fingerprint density at radius 3 is 1.89 bits per heavy atom. The third-order valence-electron chi connectivity index (χ3n) is 7.59. The zero-order valence-electron chi connectivity index (χ0n) is 29.6. The number of aliphatic hydroxyl groups is 1. The molecule has 264 valence electrons. The molecule has 0 aliphatic carbocycles. The minimum Gasteiger partial charge on any atom is -0.756 e. The molecule has 0 heterocycles. The third-order valence-corrected chi connectivity index (χ3v) is 8.56. The SMILES string of the molecule is CCCC/C=C/C(O)C(COP(=O)([O-])OCC[N+](C)(C)C)NC(=O)CCCCCCCCCCC/C=C\C/C=C\CCCCC. The van der Waals surface area contributed by atoms with Gasteiger partial charge in [0.1, 0.15) is 13.2 Å². The maximum absolute atomic E-state index is 12.6. The van der Waals surface area contributed by atoms with E-state index in [9.17, 15) is 19.4 Å². The number of amides is 1. The number of phosphoric acid groups is 1. The molecular formula is C36H69N2O6P. The fraction of sp³-hybridized carbons (Fsp3) is 0.806. The molecule has 0 fully saturated rings. The van der Waals surface area contributed by atoms with Gasteiger partial charge in [-0.25, -0.2) is 0 Å². The van der Waals surface area contributed by atoms with Gasteiger partial charge in [0.15, 0.2) is 0 Å². The summed E-state index contributed by atoms with van der Waals surface area (Å²) in [4.78, 5) is 24.9. The first kappa shape index (κ1) is 43.7. The van der Waals surface area contributed by atoms with E-state index in [4.69, 9.17) is 9.05 Å². The number of hydrogen-bond acceptors (Lipinski definition) is 6. The van der Waals surface area contributed by atoms with Crippen molar-refractivity contribution in [3.8, 4) is 0 Å². The lowest BCUT2D eigenvalue weighted by Gasteiger charge is -2.29. The van der Waals surface area contributed by atoms with Gasteiger partial charge in [-0.15, -0.1) is 0 Å². The lowest BCUT2D eigenvalue weighted by Crippen LogP contribution is -2.45. The summed E-state index contributed by atoms with van der Waals surface area (Å²) in [5, 5.41) is 13.4. The van der Waals surface area contributed by atoms with Crippen molar-refractivity contribution in [2.75, 3.05) is 40.9 Å². The number of allylic oxidation sites excluding steroid dienone is 5. The maximum atomic E-state index is 12.6. The fourth-order valence-corrected chi connectivity index (χ4v) is 5.36. The number of carbonyl (C=O) groups excluding carboxylic acids is 1. The van der Waals surface area contributed by atoms with Crippen LogP contribution >= 0.6 is 7.82 Å². The van der Waals surface area contributed by atoms with Gasteiger partial charge in [-0.3, -0.25) is 9.36 Å². The molecule has 0 spiro atoms. The normalized spacial score (nSPS) is 15.3. The molecule has 2 N–H and O–H groups in total. The summed E-state index contributed by atoms with van der Waals surface area (Å²) in [6.45, 7) is 4.43. The second-order valence-electron chi connectivity index (χ2n) is 13.2. The summed E-state index contributed by atoms with van der Waals surface area (Å²) < 4.78 is 22.8. The molecular weight excluding hydrogens is 587 g/mol. The van der Waals surface area contributed by atoms with E-state index in [1.54, 1.807) is 6.08 Å². The highest BCUT2D eigenvalue weighted by Gasteiger charge is 2.23. The second-order valence-corrected chi connectivity index (χ2v) is 14.6. The molecule has 0 saturated carbocycles. The molecule has 3 atom stereocenters. The number of likely N-dealkylation sites (N-methyl/N-ethyl adjacent to an activating group) is 1. The van der Waals surface area contributed by atoms with Crippen LogP contribution in [0.2, 0.25) is 0 Å². The number of phosphoric ester groups is 1. The number of aliphatic hydroxyl groups excluding tert-OH is 1. The Balaban J connectivity index is 4.19. The molecule has 0 rings (SSSR count). The summed E-state index contributed by atoms with van der Waals surface area (Å²) in [6, 6.07) is -0.882. The smallest absolute Gasteiger partial charge is 0.268 e. The highest BCUT2D eigenvalue weighted by Crippen LogP contribution is 2.38. The predicted octanol–water partition coefficient (Wildman–Crippen LogP) is 8.16. The third kappa shape index (κ3) is 31.1. The Kier molecular flexibility index (Phi) is 28.1. The van der Waals surface area contributed by atoms with E-state index in [-0.39, 0.29) is 19.1 Å². The van der Waals surface area contributed by atoms with Crippen molar-refractivity contribution in [1.29, 1.82) is 0 Å². The molecule has 8 nitrogen and oxygen atoms in total. The topological polar surface area (TPSA) is 108 Å². The Hall–Kier alpha value is -1.28. The number of unbranched alkanes of at least 4 members (excludes halogenated alkanes) is 14. The van der Waals surface area contributed by atoms with E-state index in [1.165, 1.54) is 70.6 Å². The van der Waals surface area contributed by atoms with Crippen LogP contribution in [0.15, 0.2) is 36.5 Å². The lowest BCUT2D eigenvalue weighted by atomic mass is 10.1. The van der Waals surface area contributed by atoms with Gasteiger partial charge in [-0.05, 0) is 44.9 Å². The van der Waals surface area contributed by atoms with Crippen LogP contribution in [-0.4, -0.2) is 68.5 Å². The first-order chi connectivity index (χ1) is 21.5. The van der Waals surface area contributed by atoms with E-state index in [2.05, 4.69) is 43.5 Å². The summed E-state index contributed by atoms with van der Waals surface area (Å²) >= 11 is 0. The molecule has 0 aromatic heterocycles. The second kappa shape index (κ2) is 28.9. The van der Waals surface area contributed by atoms with Crippen molar-refractivity contribution < 1.29 is 32.9 Å². The van der Waals surface area contributed by atoms with E-state index < -0.39 is 20.0 Å². The quantitative estimate of drug-likeness (QED) is 0.0337. The maximum Gasteiger partial charge on any atom is 0.268 e. The number of carbonyl (C=O) groups is 1. The minimum absolute atomic E-state index is 0.00402. The molecule has 0 aromatic rings. The minimum atomic E-state index is -4.56. The summed E-state index contributed by atoms with van der Waals surface area (Å²) in [5.41, 5.74) is 0. The van der Waals surface area contributed by atoms with Crippen molar-refractivity contribution in [3.63, 3.8) is 0 Å². The number of hydrogen-bond donors (Lipinski definition) is 2. The summed E-state index contributed by atoms with van der Waals surface area (Å²) in [6.07, 6.45) is 32.4. The van der Waals surface area contributed by atoms with E-state index in [0.29, 0.717) is 17.4 Å². The van der Waals surface area contributed by atoms with Gasteiger partial charge in [0.05, 0.1) is 39.9 Å². The Morgan fingerprint density at radius 2 is 1.31 bits per heavy atom. The highest BCUT2D eigenvalue weighted by molar-refractivity contribution is 7.45. The molecule has 0 aromatic carbocycles. The van der Waals surface area contributed by atoms with Gasteiger partial charge in [0.25, 0.3) is 7.82 Å². The molecule has 3 unspecified atom stereocenters. The van der Waals surface area contributed by atoms with Crippen LogP contribution < -0.4 is 10.2 Å². The van der Waals surface area contributed by atoms with Crippen LogP contribution in [-0.2, 0) is 18.4 Å². The van der Waals surface area contributed by atoms with Gasteiger partial charge in [-0.2, -0.15) is 0 Å². The highest BCUT2D eigenvalue weighted by atomic mass is 31.2. The van der Waals surface area contributed by atoms with E-state index in [1.807, 2.05) is 27.2 Å². The van der Waals surface area contributed by atoms with Gasteiger partial charge in [0.2, 0.25) is 5.91 Å². The van der Waals surface area contributed by atoms with Crippen molar-refractivity contribution in [2.45, 2.75) is 148 Å². The first-order valence-corrected chi connectivity index (χ1v) is 19.3. The van der Waals surface area contributed by atoms with Gasteiger partial charge in [0, 0.05) is 6.42 Å². The fourth-order valence-electron chi connectivity index (χ4n) is 4.64. The Bertz CT molecular complexity index is 840. The predicted molar refractivity (Wildman–Crippen MR) is 187 cm³/mol. The molecule has 9 heteroatoms. The molecule has 0 aliphatic heterocycles. The van der Waals surface area contributed by atoms with Crippen LogP contribution in [0.4, 0.5) is 0 Å². The molecule has 45 heavy (non-hydrogen) atoms. The summed E-state index contributed by atoms with van der Waals surface area (Å²) in [7, 11) is 1.24. The molecule has 1 amide bonds. The number of rotatable bonds is 31. The van der Waals surface area contributed by atoms with Crippen LogP contribution in [0.5, 0.6) is 0 Å². The largest absolute Gasteiger partial charge is 0.756 e. The average molecular weight is 657 g/mol. The van der Waals surface area contributed by atoms with Crippen molar-refractivity contribution in [1.82, 2.24) is 5.32 Å². The first-order valence-electron chi connectivity index (χ1n) is 17.9. The van der Waals surface area contributed by atoms with E-state index >= 15 is 0 Å². The molecule has 0 bridgehead atoms. The zero-order valence-corrected chi connectivity index (χ0v) is 30.5. The number of nitrogens with one attached hydrogen (secondary N) is 1. The van der Waals surface area contributed by atoms with Gasteiger partial charge >= 0.3 is 0 Å². The van der Waals surface area contributed by atoms with Gasteiger partial charge in [-0.1, -0.05) is 121 Å². The Labute approximate surface area is 276 Å². The standard InChI is InChI=1S/C36H69N2O6P/c1-6-8-10-12-13-14-15-16-17-18-19-20-21-22-23-24-25-26-28-30-36(40)37-34(35(39)29-27-11-9-7-2)33-44-45(41,42)43-32-31-38(3,4)5/h13-14,16-17,27,29,34-35,39H,6-12,15,18-26,28,30-33H2,1-5H3,(H-,37,40,41,42)/b14-13-,17-16-,29-27+. The zero-order chi connectivity index (χ0) is 33.7. The number of nitrogens with zero attached hydrogens (tertiary/aromatic N) is 1. The molecule has 0 saturated heterocycles. The lowest BCUT2D eigenvalue weighted by molar-refractivity contribution is -0.870. The van der Waals surface area contributed by atoms with Crippen LogP contribution in [0.3, 0.4) is 0 Å². The van der Waals surface area contributed by atoms with Crippen molar-refractivity contribution in [2.24, 2.45) is 0 Å². The van der Waals surface area contributed by atoms with Crippen molar-refractivity contribution in [3.05, 3.63) is 36.5 Å². The average Bonchev–Trinajstić information content (AvgIpc) is 2.97. The van der Waals surface area contributed by atoms with Gasteiger partial charge < -0.3 is 28.8 Å². The number of quaternary nitrogens is 1. The monoisotopic (exact) mass is 656 g/mol. The van der Waals surface area contributed by atoms with E-state index in [0.717, 1.165) is 44.9 Å². The van der Waals surface area contributed by atoms with Crippen molar-refractivity contribution >= 4 is 13.7 Å². The van der Waals surface area contributed by atoms with Crippen LogP contribution in [0.25, 0.3) is 0 Å². The Morgan fingerprint density at radius 1 is 0.778 bits per heavy atom. The molecule has 0 aliphatic rings. The summed E-state index contributed by atoms with van der Waals surface area (Å²) in [5.74, 6) is -0.215. The van der Waals surface area contributed by atoms with Crippen LogP contribution in [0, 0.1) is 0 Å².